The van der Waals surface area contributed by atoms with Crippen LogP contribution in [0.2, 0.25) is 0 Å². The zero-order valence-corrected chi connectivity index (χ0v) is 9.79. The Morgan fingerprint density at radius 1 is 1.60 bits per heavy atom. The third-order valence-corrected chi connectivity index (χ3v) is 2.82. The molecule has 0 fully saturated rings. The highest BCUT2D eigenvalue weighted by Gasteiger charge is 2.18. The Bertz CT molecular complexity index is 368. The van der Waals surface area contributed by atoms with Gasteiger partial charge in [0, 0.05) is 25.0 Å². The Morgan fingerprint density at radius 3 is 2.60 bits per heavy atom. The molecule has 0 aliphatic heterocycles. The number of rotatable bonds is 3. The molecular formula is C11H19N3O. The van der Waals surface area contributed by atoms with Crippen molar-refractivity contribution in [3.8, 4) is 0 Å². The number of likely N-dealkylation sites (N-methyl/N-ethyl adjacent to an activating group) is 1. The van der Waals surface area contributed by atoms with Crippen LogP contribution in [0.5, 0.6) is 0 Å². The maximum atomic E-state index is 11.6. The lowest BCUT2D eigenvalue weighted by Gasteiger charge is -2.17. The molecule has 1 amide bonds. The summed E-state index contributed by atoms with van der Waals surface area (Å²) in [6, 6.07) is 1.85. The lowest BCUT2D eigenvalue weighted by Crippen LogP contribution is -2.28. The molecule has 84 valence electrons. The van der Waals surface area contributed by atoms with E-state index in [4.69, 9.17) is 5.73 Å². The number of hydrogen-bond donors (Lipinski definition) is 2. The second-order valence-electron chi connectivity index (χ2n) is 3.76. The van der Waals surface area contributed by atoms with Gasteiger partial charge in [0.1, 0.15) is 6.04 Å². The van der Waals surface area contributed by atoms with Crippen molar-refractivity contribution in [2.45, 2.75) is 33.4 Å². The van der Waals surface area contributed by atoms with Crippen LogP contribution in [-0.4, -0.2) is 17.5 Å². The van der Waals surface area contributed by atoms with E-state index in [1.807, 2.05) is 31.4 Å². The van der Waals surface area contributed by atoms with E-state index in [1.165, 1.54) is 0 Å². The first kappa shape index (κ1) is 11.8. The molecule has 1 aromatic heterocycles. The van der Waals surface area contributed by atoms with E-state index in [0.29, 0.717) is 6.54 Å². The maximum absolute atomic E-state index is 11.6. The summed E-state index contributed by atoms with van der Waals surface area (Å²) < 4.78 is 2.01. The molecule has 3 N–H and O–H groups in total. The molecule has 0 aromatic carbocycles. The van der Waals surface area contributed by atoms with Crippen LogP contribution in [0.25, 0.3) is 0 Å². The molecule has 0 aliphatic carbocycles. The largest absolute Gasteiger partial charge is 0.357 e. The number of hydrogen-bond acceptors (Lipinski definition) is 2. The van der Waals surface area contributed by atoms with Gasteiger partial charge in [-0.25, -0.2) is 0 Å². The summed E-state index contributed by atoms with van der Waals surface area (Å²) in [5, 5.41) is 2.65. The summed E-state index contributed by atoms with van der Waals surface area (Å²) in [5.41, 5.74) is 8.88. The van der Waals surface area contributed by atoms with Gasteiger partial charge in [-0.1, -0.05) is 0 Å². The lowest BCUT2D eigenvalue weighted by atomic mass is 10.2. The predicted octanol–water partition coefficient (Wildman–Crippen LogP) is 0.871. The molecule has 0 bridgehead atoms. The Hall–Kier alpha value is -1.29. The molecule has 4 heteroatoms. The Morgan fingerprint density at radius 2 is 2.20 bits per heavy atom. The molecular weight excluding hydrogens is 190 g/mol. The Kier molecular flexibility index (Phi) is 3.52. The normalized spacial score (nSPS) is 12.6. The number of nitrogens with one attached hydrogen (secondary N) is 1. The van der Waals surface area contributed by atoms with Gasteiger partial charge in [0.2, 0.25) is 5.91 Å². The monoisotopic (exact) mass is 209 g/mol. The van der Waals surface area contributed by atoms with Crippen molar-refractivity contribution in [3.05, 3.63) is 23.0 Å². The topological polar surface area (TPSA) is 60.0 Å². The van der Waals surface area contributed by atoms with Gasteiger partial charge in [-0.2, -0.15) is 0 Å². The van der Waals surface area contributed by atoms with E-state index in [-0.39, 0.29) is 11.9 Å². The highest BCUT2D eigenvalue weighted by Crippen LogP contribution is 2.19. The predicted molar refractivity (Wildman–Crippen MR) is 60.6 cm³/mol. The average molecular weight is 209 g/mol. The smallest absolute Gasteiger partial charge is 0.242 e. The summed E-state index contributed by atoms with van der Waals surface area (Å²) in [6.45, 7) is 6.39. The van der Waals surface area contributed by atoms with Crippen LogP contribution in [0, 0.1) is 13.8 Å². The molecule has 15 heavy (non-hydrogen) atoms. The number of carbonyl (C=O) groups is 1. The lowest BCUT2D eigenvalue weighted by molar-refractivity contribution is -0.123. The summed E-state index contributed by atoms with van der Waals surface area (Å²) in [5.74, 6) is 0.0142. The zero-order chi connectivity index (χ0) is 11.6. The van der Waals surface area contributed by atoms with Crippen molar-refractivity contribution in [2.75, 3.05) is 7.05 Å². The molecule has 4 nitrogen and oxygen atoms in total. The second kappa shape index (κ2) is 4.49. The van der Waals surface area contributed by atoms with Crippen LogP contribution >= 0.6 is 0 Å². The zero-order valence-electron chi connectivity index (χ0n) is 9.79. The van der Waals surface area contributed by atoms with Crippen molar-refractivity contribution in [1.82, 2.24) is 9.88 Å². The fourth-order valence-corrected chi connectivity index (χ4v) is 1.97. The summed E-state index contributed by atoms with van der Waals surface area (Å²) >= 11 is 0. The number of nitrogens with two attached hydrogens (primary N) is 1. The molecule has 1 heterocycles. The Labute approximate surface area is 90.5 Å². The molecule has 1 rings (SSSR count). The summed E-state index contributed by atoms with van der Waals surface area (Å²) in [6.07, 6.45) is 0. The minimum absolute atomic E-state index is 0.0142. The second-order valence-corrected chi connectivity index (χ2v) is 3.76. The van der Waals surface area contributed by atoms with Crippen molar-refractivity contribution >= 4 is 5.91 Å². The number of nitrogens with zero attached hydrogens (tertiary/aromatic N) is 1. The van der Waals surface area contributed by atoms with Gasteiger partial charge < -0.3 is 15.6 Å². The number of amides is 1. The summed E-state index contributed by atoms with van der Waals surface area (Å²) in [7, 11) is 1.65. The van der Waals surface area contributed by atoms with Crippen LogP contribution in [0.3, 0.4) is 0 Å². The van der Waals surface area contributed by atoms with Crippen molar-refractivity contribution in [3.63, 3.8) is 0 Å². The number of carbonyl (C=O) groups excluding carboxylic acids is 1. The highest BCUT2D eigenvalue weighted by molar-refractivity contribution is 5.79. The van der Waals surface area contributed by atoms with Gasteiger partial charge in [-0.15, -0.1) is 0 Å². The average Bonchev–Trinajstić information content (AvgIpc) is 2.51. The van der Waals surface area contributed by atoms with Gasteiger partial charge in [-0.3, -0.25) is 4.79 Å². The third kappa shape index (κ3) is 2.04. The van der Waals surface area contributed by atoms with Gasteiger partial charge >= 0.3 is 0 Å². The molecule has 0 aliphatic rings. The number of aryl methyl sites for hydroxylation is 1. The van der Waals surface area contributed by atoms with E-state index in [1.54, 1.807) is 7.05 Å². The van der Waals surface area contributed by atoms with Crippen LogP contribution < -0.4 is 11.1 Å². The van der Waals surface area contributed by atoms with E-state index in [0.717, 1.165) is 17.0 Å². The third-order valence-electron chi connectivity index (χ3n) is 2.82. The molecule has 1 atom stereocenters. The van der Waals surface area contributed by atoms with Crippen LogP contribution in [-0.2, 0) is 11.3 Å². The van der Waals surface area contributed by atoms with Crippen molar-refractivity contribution in [2.24, 2.45) is 5.73 Å². The van der Waals surface area contributed by atoms with Gasteiger partial charge in [-0.05, 0) is 32.4 Å². The van der Waals surface area contributed by atoms with E-state index < -0.39 is 0 Å². The molecule has 1 unspecified atom stereocenters. The first-order chi connectivity index (χ1) is 7.02. The highest BCUT2D eigenvalue weighted by atomic mass is 16.2. The fraction of sp³-hybridized carbons (Fsp3) is 0.545. The molecule has 1 aromatic rings. The standard InChI is InChI=1S/C11H19N3O/c1-7-5-10(6-12)8(2)14(7)9(3)11(15)13-4/h5,9H,6,12H2,1-4H3,(H,13,15). The first-order valence-electron chi connectivity index (χ1n) is 5.11. The molecule has 0 radical (unpaired) electrons. The van der Waals surface area contributed by atoms with Crippen LogP contribution in [0.1, 0.15) is 29.9 Å². The molecule has 0 saturated carbocycles. The van der Waals surface area contributed by atoms with E-state index in [9.17, 15) is 4.79 Å². The van der Waals surface area contributed by atoms with Crippen molar-refractivity contribution in [1.29, 1.82) is 0 Å². The Balaban J connectivity index is 3.13. The maximum Gasteiger partial charge on any atom is 0.242 e. The summed E-state index contributed by atoms with van der Waals surface area (Å²) in [4.78, 5) is 11.6. The van der Waals surface area contributed by atoms with Crippen LogP contribution in [0.4, 0.5) is 0 Å². The first-order valence-corrected chi connectivity index (χ1v) is 5.11. The van der Waals surface area contributed by atoms with Crippen LogP contribution in [0.15, 0.2) is 6.07 Å². The van der Waals surface area contributed by atoms with E-state index >= 15 is 0 Å². The minimum atomic E-state index is -0.185. The van der Waals surface area contributed by atoms with Gasteiger partial charge in [0.25, 0.3) is 0 Å². The molecule has 0 spiro atoms. The van der Waals surface area contributed by atoms with Crippen molar-refractivity contribution < 1.29 is 4.79 Å². The van der Waals surface area contributed by atoms with Gasteiger partial charge in [0.15, 0.2) is 0 Å². The minimum Gasteiger partial charge on any atom is -0.357 e. The molecule has 0 saturated heterocycles. The van der Waals surface area contributed by atoms with E-state index in [2.05, 4.69) is 5.32 Å². The fourth-order valence-electron chi connectivity index (χ4n) is 1.97. The SMILES string of the molecule is CNC(=O)C(C)n1c(C)cc(CN)c1C. The van der Waals surface area contributed by atoms with Gasteiger partial charge in [0.05, 0.1) is 0 Å². The quantitative estimate of drug-likeness (QED) is 0.776. The number of aromatic nitrogens is 1.